The molecule has 5 aromatic rings. The lowest BCUT2D eigenvalue weighted by Gasteiger charge is -2.29. The van der Waals surface area contributed by atoms with Crippen molar-refractivity contribution in [2.24, 2.45) is 0 Å². The van der Waals surface area contributed by atoms with E-state index in [1.807, 2.05) is 0 Å². The summed E-state index contributed by atoms with van der Waals surface area (Å²) in [6.07, 6.45) is 18.9. The molecule has 4 aliphatic rings. The molecule has 5 aromatic carbocycles. The number of hydrogen-bond acceptors (Lipinski definition) is 2. The topological polar surface area (TPSA) is 24.5 Å². The van der Waals surface area contributed by atoms with Gasteiger partial charge in [-0.25, -0.2) is 0 Å². The van der Waals surface area contributed by atoms with Crippen LogP contribution in [0.3, 0.4) is 0 Å². The highest BCUT2D eigenvalue weighted by Gasteiger charge is 2.76. The molecule has 0 aromatic heterocycles. The second-order valence-corrected chi connectivity index (χ2v) is 20.0. The molecule has 3 heterocycles. The fourth-order valence-electron chi connectivity index (χ4n) is 10.1. The maximum Gasteiger partial charge on any atom is 0.704 e. The SMILES string of the molecule is C.CCCCCc1cc(C)c2c(c1)C=[N+]1C3CCCCC3[N+]3=Cc4cc(CCCC[P+](c5ccccc5)(c5ccccc5)c5ccccc5)cc(C)c4OC13O2. The van der Waals surface area contributed by atoms with Crippen molar-refractivity contribution in [3.63, 3.8) is 0 Å². The molecule has 1 saturated heterocycles. The number of nitrogens with zero attached hydrogens (tertiary/aromatic N) is 2. The normalized spacial score (nSPS) is 20.4. The quantitative estimate of drug-likeness (QED) is 0.0718. The Bertz CT molecular complexity index is 2130. The molecule has 4 nitrogen and oxygen atoms in total. The van der Waals surface area contributed by atoms with E-state index in [0.29, 0.717) is 12.1 Å². The fraction of sp³-hybridized carbons (Fsp3) is 0.373. The molecule has 1 saturated carbocycles. The summed E-state index contributed by atoms with van der Waals surface area (Å²) in [5.41, 5.74) is 7.56. The van der Waals surface area contributed by atoms with E-state index in [0.717, 1.165) is 56.2 Å². The average molecular weight is 764 g/mol. The number of benzene rings is 5. The molecule has 5 heteroatoms. The maximum atomic E-state index is 7.24. The number of hydrogen-bond donors (Lipinski definition) is 0. The van der Waals surface area contributed by atoms with Crippen LogP contribution in [0.5, 0.6) is 11.5 Å². The number of aryl methyl sites for hydroxylation is 4. The van der Waals surface area contributed by atoms with Crippen LogP contribution in [0, 0.1) is 13.8 Å². The summed E-state index contributed by atoms with van der Waals surface area (Å²) in [5, 5.41) is 4.39. The van der Waals surface area contributed by atoms with Gasteiger partial charge in [-0.05, 0) is 130 Å². The zero-order chi connectivity index (χ0) is 37.4. The Balaban J connectivity index is 0.00000441. The van der Waals surface area contributed by atoms with Crippen LogP contribution in [0.1, 0.15) is 106 Å². The molecule has 1 spiro atoms. The maximum absolute atomic E-state index is 7.24. The molecule has 56 heavy (non-hydrogen) atoms. The highest BCUT2D eigenvalue weighted by molar-refractivity contribution is 7.95. The number of unbranched alkanes of at least 4 members (excludes halogenated alkanes) is 3. The largest absolute Gasteiger partial charge is 0.704 e. The third-order valence-electron chi connectivity index (χ3n) is 12.7. The molecule has 3 aliphatic heterocycles. The molecule has 3 atom stereocenters. The van der Waals surface area contributed by atoms with Crippen LogP contribution in [0.4, 0.5) is 0 Å². The molecule has 1 aliphatic carbocycles. The van der Waals surface area contributed by atoms with Crippen LogP contribution in [-0.2, 0) is 12.8 Å². The average Bonchev–Trinajstić information content (AvgIpc) is 3.49. The van der Waals surface area contributed by atoms with Crippen LogP contribution in [0.25, 0.3) is 0 Å². The summed E-state index contributed by atoms with van der Waals surface area (Å²) < 4.78 is 19.3. The summed E-state index contributed by atoms with van der Waals surface area (Å²) in [7, 11) is -1.83. The molecule has 0 N–H and O–H groups in total. The van der Waals surface area contributed by atoms with Gasteiger partial charge in [0, 0.05) is 12.8 Å². The van der Waals surface area contributed by atoms with Crippen LogP contribution in [0.15, 0.2) is 115 Å². The van der Waals surface area contributed by atoms with Crippen LogP contribution in [-0.4, -0.2) is 45.9 Å². The van der Waals surface area contributed by atoms with Crippen molar-refractivity contribution in [1.29, 1.82) is 0 Å². The lowest BCUT2D eigenvalue weighted by molar-refractivity contribution is -0.866. The summed E-state index contributed by atoms with van der Waals surface area (Å²) in [5.74, 6) is 1.92. The van der Waals surface area contributed by atoms with Crippen molar-refractivity contribution in [3.05, 3.63) is 149 Å². The Morgan fingerprint density at radius 3 is 1.45 bits per heavy atom. The first-order chi connectivity index (χ1) is 27.0. The van der Waals surface area contributed by atoms with Gasteiger partial charge in [0.15, 0.2) is 23.9 Å². The van der Waals surface area contributed by atoms with Crippen molar-refractivity contribution in [2.45, 2.75) is 117 Å². The molecule has 0 bridgehead atoms. The Labute approximate surface area is 336 Å². The Morgan fingerprint density at radius 2 is 1.02 bits per heavy atom. The minimum absolute atomic E-state index is 0. The predicted octanol–water partition coefficient (Wildman–Crippen LogP) is 10.3. The lowest BCUT2D eigenvalue weighted by Crippen LogP contribution is -2.60. The fourth-order valence-corrected chi connectivity index (χ4v) is 14.5. The van der Waals surface area contributed by atoms with E-state index < -0.39 is 13.3 Å². The van der Waals surface area contributed by atoms with E-state index in [2.05, 4.69) is 158 Å². The van der Waals surface area contributed by atoms with E-state index in [4.69, 9.17) is 9.47 Å². The molecule has 9 rings (SSSR count). The minimum atomic E-state index is -1.83. The number of ether oxygens (including phenoxy) is 2. The Kier molecular flexibility index (Phi) is 11.1. The van der Waals surface area contributed by atoms with Gasteiger partial charge in [-0.2, -0.15) is 0 Å². The lowest BCUT2D eigenvalue weighted by atomic mass is 9.91. The van der Waals surface area contributed by atoms with Crippen molar-refractivity contribution >= 4 is 35.6 Å². The highest BCUT2D eigenvalue weighted by Crippen LogP contribution is 2.56. The van der Waals surface area contributed by atoms with Crippen molar-refractivity contribution in [2.75, 3.05) is 6.16 Å². The van der Waals surface area contributed by atoms with E-state index in [1.54, 1.807) is 0 Å². The van der Waals surface area contributed by atoms with E-state index in [1.165, 1.54) is 81.4 Å². The third kappa shape index (κ3) is 6.72. The van der Waals surface area contributed by atoms with Gasteiger partial charge >= 0.3 is 6.03 Å². The van der Waals surface area contributed by atoms with Crippen LogP contribution < -0.4 is 25.4 Å². The van der Waals surface area contributed by atoms with Crippen molar-refractivity contribution in [1.82, 2.24) is 0 Å². The molecular weight excluding hydrogens is 704 g/mol. The van der Waals surface area contributed by atoms with Crippen LogP contribution in [0.2, 0.25) is 0 Å². The second-order valence-electron chi connectivity index (χ2n) is 16.4. The van der Waals surface area contributed by atoms with Gasteiger partial charge in [-0.15, -0.1) is 0 Å². The molecule has 2 fully saturated rings. The zero-order valence-corrected chi connectivity index (χ0v) is 33.8. The number of rotatable bonds is 12. The van der Waals surface area contributed by atoms with Gasteiger partial charge in [-0.3, -0.25) is 0 Å². The first kappa shape index (κ1) is 38.3. The van der Waals surface area contributed by atoms with Crippen molar-refractivity contribution < 1.29 is 18.6 Å². The van der Waals surface area contributed by atoms with Gasteiger partial charge in [0.25, 0.3) is 0 Å². The van der Waals surface area contributed by atoms with Gasteiger partial charge in [0.05, 0.1) is 17.3 Å². The van der Waals surface area contributed by atoms with Crippen molar-refractivity contribution in [3.8, 4) is 11.5 Å². The van der Waals surface area contributed by atoms with Gasteiger partial charge < -0.3 is 9.47 Å². The zero-order valence-electron chi connectivity index (χ0n) is 32.9. The van der Waals surface area contributed by atoms with Crippen LogP contribution >= 0.6 is 7.26 Å². The Morgan fingerprint density at radius 1 is 0.589 bits per heavy atom. The van der Waals surface area contributed by atoms with Gasteiger partial charge in [0.2, 0.25) is 12.1 Å². The van der Waals surface area contributed by atoms with E-state index in [9.17, 15) is 0 Å². The van der Waals surface area contributed by atoms with E-state index in [-0.39, 0.29) is 7.43 Å². The highest BCUT2D eigenvalue weighted by atomic mass is 31.2. The van der Waals surface area contributed by atoms with E-state index >= 15 is 0 Å². The van der Waals surface area contributed by atoms with Gasteiger partial charge in [-0.1, -0.05) is 103 Å². The standard InChI is InChI=1S/C50H56N2O2P.CH4/c1-4-5-9-20-39-31-37(2)48-41(33-39)35-51-46-28-16-17-29-47(46)52-36-42-34-40(32-38(3)49(42)54-50(51,52)53-48)21-18-19-30-55(43-22-10-6-11-23-43,44-24-12-7-13-25-44)45-26-14-8-15-27-45;/h6-8,10-15,22-27,31-36,46-47H,4-5,9,16-21,28-30H2,1-3H3;1H4/q+3;. The molecular formula is C51H60N2O2P+3. The molecule has 0 amide bonds. The second kappa shape index (κ2) is 16.1. The number of fused-ring (bicyclic) bond motifs is 5. The van der Waals surface area contributed by atoms with Gasteiger partial charge in [0.1, 0.15) is 23.2 Å². The first-order valence-electron chi connectivity index (χ1n) is 21.0. The summed E-state index contributed by atoms with van der Waals surface area (Å²) in [4.78, 5) is 0. The minimum Gasteiger partial charge on any atom is -0.340 e. The predicted molar refractivity (Wildman–Crippen MR) is 236 cm³/mol. The third-order valence-corrected chi connectivity index (χ3v) is 17.2. The summed E-state index contributed by atoms with van der Waals surface area (Å²) in [6.45, 7) is 6.70. The summed E-state index contributed by atoms with van der Waals surface area (Å²) >= 11 is 0. The molecule has 288 valence electrons. The first-order valence-corrected chi connectivity index (χ1v) is 22.9. The molecule has 0 radical (unpaired) electrons. The Hall–Kier alpha value is -4.53. The monoisotopic (exact) mass is 763 g/mol. The summed E-state index contributed by atoms with van der Waals surface area (Å²) in [6, 6.07) is 43.1. The smallest absolute Gasteiger partial charge is 0.340 e. The molecule has 3 unspecified atom stereocenters.